The third-order valence-electron chi connectivity index (χ3n) is 2.86. The van der Waals surface area contributed by atoms with Gasteiger partial charge in [0.25, 0.3) is 0 Å². The van der Waals surface area contributed by atoms with Crippen molar-refractivity contribution in [3.8, 4) is 11.3 Å². The van der Waals surface area contributed by atoms with Gasteiger partial charge in [-0.15, -0.1) is 0 Å². The molecule has 0 fully saturated rings. The summed E-state index contributed by atoms with van der Waals surface area (Å²) < 4.78 is 0. The Labute approximate surface area is 104 Å². The number of H-pyrrole nitrogens is 1. The predicted octanol–water partition coefficient (Wildman–Crippen LogP) is 2.09. The van der Waals surface area contributed by atoms with Crippen molar-refractivity contribution in [1.82, 2.24) is 20.2 Å². The summed E-state index contributed by atoms with van der Waals surface area (Å²) in [5.41, 5.74) is 3.90. The molecule has 0 aromatic carbocycles. The molecule has 5 nitrogen and oxygen atoms in total. The normalized spacial score (nSPS) is 10.8. The van der Waals surface area contributed by atoms with Crippen LogP contribution in [0.5, 0.6) is 0 Å². The lowest BCUT2D eigenvalue weighted by Crippen LogP contribution is -2.08. The van der Waals surface area contributed by atoms with Crippen molar-refractivity contribution in [2.75, 3.05) is 19.0 Å². The van der Waals surface area contributed by atoms with Crippen LogP contribution < -0.4 is 4.90 Å². The van der Waals surface area contributed by atoms with Crippen LogP contribution in [0.25, 0.3) is 22.2 Å². The van der Waals surface area contributed by atoms with E-state index in [1.807, 2.05) is 37.5 Å². The van der Waals surface area contributed by atoms with Crippen molar-refractivity contribution in [2.24, 2.45) is 0 Å². The van der Waals surface area contributed by atoms with E-state index >= 15 is 0 Å². The van der Waals surface area contributed by atoms with Crippen LogP contribution in [-0.4, -0.2) is 34.3 Å². The molecule has 3 aromatic rings. The Morgan fingerprint density at radius 3 is 2.78 bits per heavy atom. The minimum Gasteiger partial charge on any atom is -0.376 e. The van der Waals surface area contributed by atoms with Gasteiger partial charge in [-0.05, 0) is 12.1 Å². The van der Waals surface area contributed by atoms with Crippen LogP contribution in [0, 0.1) is 0 Å². The zero-order valence-corrected chi connectivity index (χ0v) is 10.3. The van der Waals surface area contributed by atoms with E-state index in [0.717, 1.165) is 27.8 Å². The second-order valence-corrected chi connectivity index (χ2v) is 4.35. The van der Waals surface area contributed by atoms with Crippen molar-refractivity contribution >= 4 is 16.6 Å². The molecule has 0 radical (unpaired) electrons. The topological polar surface area (TPSA) is 57.7 Å². The van der Waals surface area contributed by atoms with Crippen LogP contribution in [0.1, 0.15) is 0 Å². The Morgan fingerprint density at radius 2 is 1.94 bits per heavy atom. The number of pyridine rings is 2. The summed E-state index contributed by atoms with van der Waals surface area (Å²) in [5, 5.41) is 7.94. The molecule has 0 saturated heterocycles. The Morgan fingerprint density at radius 1 is 1.06 bits per heavy atom. The molecule has 0 aliphatic carbocycles. The van der Waals surface area contributed by atoms with Crippen LogP contribution in [0.4, 0.5) is 5.69 Å². The minimum atomic E-state index is 0.903. The molecule has 0 unspecified atom stereocenters. The highest BCUT2D eigenvalue weighted by Gasteiger charge is 2.05. The number of hydrogen-bond donors (Lipinski definition) is 1. The highest BCUT2D eigenvalue weighted by atomic mass is 15.1. The maximum absolute atomic E-state index is 4.42. The van der Waals surface area contributed by atoms with E-state index in [-0.39, 0.29) is 0 Å². The fraction of sp³-hybridized carbons (Fsp3) is 0.154. The molecule has 3 rings (SSSR count). The first-order chi connectivity index (χ1) is 8.74. The lowest BCUT2D eigenvalue weighted by atomic mass is 10.1. The smallest absolute Gasteiger partial charge is 0.0833 e. The Balaban J connectivity index is 2.10. The van der Waals surface area contributed by atoms with Crippen molar-refractivity contribution in [1.29, 1.82) is 0 Å². The Bertz CT molecular complexity index is 686. The first-order valence-electron chi connectivity index (χ1n) is 5.66. The third kappa shape index (κ3) is 1.79. The van der Waals surface area contributed by atoms with E-state index in [1.54, 1.807) is 12.4 Å². The number of rotatable bonds is 2. The summed E-state index contributed by atoms with van der Waals surface area (Å²) in [7, 11) is 3.99. The average Bonchev–Trinajstić information content (AvgIpc) is 2.86. The number of fused-ring (bicyclic) bond motifs is 1. The number of nitrogens with zero attached hydrogens (tertiary/aromatic N) is 4. The molecule has 1 N–H and O–H groups in total. The summed E-state index contributed by atoms with van der Waals surface area (Å²) in [4.78, 5) is 10.7. The molecule has 0 saturated carbocycles. The van der Waals surface area contributed by atoms with Gasteiger partial charge in [-0.1, -0.05) is 0 Å². The van der Waals surface area contributed by atoms with Crippen molar-refractivity contribution in [3.05, 3.63) is 36.9 Å². The first kappa shape index (κ1) is 10.7. The zero-order valence-electron chi connectivity index (χ0n) is 10.3. The molecular formula is C13H13N5. The zero-order chi connectivity index (χ0) is 12.5. The fourth-order valence-corrected chi connectivity index (χ4v) is 1.81. The highest BCUT2D eigenvalue weighted by Crippen LogP contribution is 2.23. The van der Waals surface area contributed by atoms with E-state index in [1.165, 1.54) is 0 Å². The molecule has 90 valence electrons. The Hall–Kier alpha value is -2.43. The summed E-state index contributed by atoms with van der Waals surface area (Å²) in [6, 6.07) is 4.08. The standard InChI is InChI=1S/C13H13N5/c1-18(2)11-3-9(5-14-7-11)12-4-10-6-16-17-13(10)8-15-12/h3-8H,1-2H3,(H,16,17). The van der Waals surface area contributed by atoms with Gasteiger partial charge >= 0.3 is 0 Å². The van der Waals surface area contributed by atoms with E-state index in [0.29, 0.717) is 0 Å². The molecule has 0 spiro atoms. The molecule has 5 heteroatoms. The highest BCUT2D eigenvalue weighted by molar-refractivity contribution is 5.81. The summed E-state index contributed by atoms with van der Waals surface area (Å²) in [6.07, 6.45) is 7.24. The van der Waals surface area contributed by atoms with Crippen LogP contribution in [0.15, 0.2) is 36.9 Å². The van der Waals surface area contributed by atoms with Gasteiger partial charge in [0, 0.05) is 31.2 Å². The molecule has 0 atom stereocenters. The quantitative estimate of drug-likeness (QED) is 0.744. The van der Waals surface area contributed by atoms with Gasteiger partial charge in [-0.3, -0.25) is 15.1 Å². The molecule has 0 bridgehead atoms. The van der Waals surface area contributed by atoms with Crippen LogP contribution in [0.3, 0.4) is 0 Å². The maximum Gasteiger partial charge on any atom is 0.0833 e. The monoisotopic (exact) mass is 239 g/mol. The van der Waals surface area contributed by atoms with Gasteiger partial charge in [-0.25, -0.2) is 0 Å². The van der Waals surface area contributed by atoms with Gasteiger partial charge in [0.15, 0.2) is 0 Å². The van der Waals surface area contributed by atoms with Gasteiger partial charge in [0.2, 0.25) is 0 Å². The predicted molar refractivity (Wildman–Crippen MR) is 71.4 cm³/mol. The van der Waals surface area contributed by atoms with Gasteiger partial charge in [-0.2, -0.15) is 5.10 Å². The Kier molecular flexibility index (Phi) is 2.44. The average molecular weight is 239 g/mol. The fourth-order valence-electron chi connectivity index (χ4n) is 1.81. The first-order valence-corrected chi connectivity index (χ1v) is 5.66. The van der Waals surface area contributed by atoms with Crippen molar-refractivity contribution in [3.63, 3.8) is 0 Å². The van der Waals surface area contributed by atoms with Crippen molar-refractivity contribution < 1.29 is 0 Å². The molecule has 3 aromatic heterocycles. The summed E-state index contributed by atoms with van der Waals surface area (Å²) >= 11 is 0. The SMILES string of the molecule is CN(C)c1cncc(-c2cc3cn[nH]c3cn2)c1. The second-order valence-electron chi connectivity index (χ2n) is 4.35. The van der Waals surface area contributed by atoms with Crippen molar-refractivity contribution in [2.45, 2.75) is 0 Å². The van der Waals surface area contributed by atoms with Crippen LogP contribution in [-0.2, 0) is 0 Å². The molecule has 0 aliphatic heterocycles. The van der Waals surface area contributed by atoms with Gasteiger partial charge in [0.1, 0.15) is 0 Å². The lowest BCUT2D eigenvalue weighted by Gasteiger charge is -2.12. The molecule has 0 aliphatic rings. The number of aromatic amines is 1. The summed E-state index contributed by atoms with van der Waals surface area (Å²) in [5.74, 6) is 0. The van der Waals surface area contributed by atoms with E-state index in [4.69, 9.17) is 0 Å². The molecule has 18 heavy (non-hydrogen) atoms. The van der Waals surface area contributed by atoms with Crippen LogP contribution >= 0.6 is 0 Å². The third-order valence-corrected chi connectivity index (χ3v) is 2.86. The minimum absolute atomic E-state index is 0.903. The second kappa shape index (κ2) is 4.10. The maximum atomic E-state index is 4.42. The van der Waals surface area contributed by atoms with Gasteiger partial charge < -0.3 is 4.90 Å². The lowest BCUT2D eigenvalue weighted by molar-refractivity contribution is 1.11. The van der Waals surface area contributed by atoms with E-state index in [9.17, 15) is 0 Å². The van der Waals surface area contributed by atoms with Gasteiger partial charge in [0.05, 0.1) is 35.5 Å². The molecular weight excluding hydrogens is 226 g/mol. The van der Waals surface area contributed by atoms with E-state index < -0.39 is 0 Å². The largest absolute Gasteiger partial charge is 0.376 e. The molecule has 0 amide bonds. The summed E-state index contributed by atoms with van der Waals surface area (Å²) in [6.45, 7) is 0. The number of nitrogens with one attached hydrogen (secondary N) is 1. The number of aromatic nitrogens is 4. The number of hydrogen-bond acceptors (Lipinski definition) is 4. The van der Waals surface area contributed by atoms with E-state index in [2.05, 4.69) is 26.2 Å². The van der Waals surface area contributed by atoms with Crippen LogP contribution in [0.2, 0.25) is 0 Å². The molecule has 3 heterocycles. The number of anilines is 1.